The highest BCUT2D eigenvalue weighted by Gasteiger charge is 1.92. The van der Waals surface area contributed by atoms with E-state index in [1.54, 1.807) is 6.08 Å². The van der Waals surface area contributed by atoms with Crippen molar-refractivity contribution < 1.29 is 0 Å². The van der Waals surface area contributed by atoms with Gasteiger partial charge in [0.25, 0.3) is 0 Å². The third-order valence-corrected chi connectivity index (χ3v) is 2.16. The molecule has 0 atom stereocenters. The van der Waals surface area contributed by atoms with Gasteiger partial charge in [0.15, 0.2) is 0 Å². The van der Waals surface area contributed by atoms with Crippen molar-refractivity contribution in [1.29, 1.82) is 0 Å². The van der Waals surface area contributed by atoms with Gasteiger partial charge in [0.2, 0.25) is 0 Å². The molecule has 1 rings (SSSR count). The van der Waals surface area contributed by atoms with E-state index in [4.69, 9.17) is 6.58 Å². The van der Waals surface area contributed by atoms with Crippen LogP contribution in [0.4, 0.5) is 0 Å². The second-order valence-corrected chi connectivity index (χ2v) is 3.34. The zero-order valence-corrected chi connectivity index (χ0v) is 8.29. The molecule has 0 amide bonds. The Morgan fingerprint density at radius 3 is 2.08 bits per heavy atom. The Morgan fingerprint density at radius 2 is 1.62 bits per heavy atom. The predicted octanol–water partition coefficient (Wildman–Crippen LogP) is 3.56. The summed E-state index contributed by atoms with van der Waals surface area (Å²) in [4.78, 5) is 0. The molecule has 69 valence electrons. The van der Waals surface area contributed by atoms with Crippen LogP contribution in [-0.2, 0) is 12.8 Å². The average Bonchev–Trinajstić information content (AvgIpc) is 2.17. The Balaban J connectivity index is 2.53. The zero-order valence-electron chi connectivity index (χ0n) is 8.29. The Hall–Kier alpha value is -1.04. The van der Waals surface area contributed by atoms with Gasteiger partial charge in [0.1, 0.15) is 0 Å². The van der Waals surface area contributed by atoms with Crippen LogP contribution in [0.2, 0.25) is 0 Å². The number of benzene rings is 1. The fourth-order valence-corrected chi connectivity index (χ4v) is 1.41. The van der Waals surface area contributed by atoms with Crippen LogP contribution in [0.3, 0.4) is 0 Å². The van der Waals surface area contributed by atoms with Crippen LogP contribution >= 0.6 is 0 Å². The first-order valence-corrected chi connectivity index (χ1v) is 4.98. The standard InChI is InChI=1S/C13H17/c1-3-5-7-13-10-8-12(6-4-2)9-11-13/h1,3,8-11H,4-7H2,2H3. The third-order valence-electron chi connectivity index (χ3n) is 2.16. The van der Waals surface area contributed by atoms with Crippen molar-refractivity contribution in [2.24, 2.45) is 0 Å². The molecule has 0 aliphatic heterocycles. The Bertz CT molecular complexity index is 243. The Kier molecular flexibility index (Phi) is 4.31. The Labute approximate surface area is 81.3 Å². The lowest BCUT2D eigenvalue weighted by atomic mass is 10.1. The summed E-state index contributed by atoms with van der Waals surface area (Å²) >= 11 is 0. The molecule has 0 fully saturated rings. The summed E-state index contributed by atoms with van der Waals surface area (Å²) in [5.41, 5.74) is 2.81. The van der Waals surface area contributed by atoms with Crippen molar-refractivity contribution in [2.45, 2.75) is 32.6 Å². The maximum Gasteiger partial charge on any atom is -0.0244 e. The average molecular weight is 173 g/mol. The van der Waals surface area contributed by atoms with Gasteiger partial charge < -0.3 is 0 Å². The number of hydrogen-bond acceptors (Lipinski definition) is 0. The molecule has 0 nitrogen and oxygen atoms in total. The highest BCUT2D eigenvalue weighted by molar-refractivity contribution is 5.22. The number of hydrogen-bond donors (Lipinski definition) is 0. The minimum Gasteiger partial charge on any atom is -0.0842 e. The van der Waals surface area contributed by atoms with Gasteiger partial charge >= 0.3 is 0 Å². The normalized spacial score (nSPS) is 9.92. The Morgan fingerprint density at radius 1 is 1.08 bits per heavy atom. The first-order chi connectivity index (χ1) is 6.36. The van der Waals surface area contributed by atoms with Crippen LogP contribution in [0.15, 0.2) is 30.3 Å². The summed E-state index contributed by atoms with van der Waals surface area (Å²) in [6.45, 7) is 7.53. The molecule has 0 heteroatoms. The van der Waals surface area contributed by atoms with Crippen molar-refractivity contribution in [3.8, 4) is 0 Å². The summed E-state index contributed by atoms with van der Waals surface area (Å²) < 4.78 is 0. The molecule has 0 saturated heterocycles. The highest BCUT2D eigenvalue weighted by Crippen LogP contribution is 2.08. The van der Waals surface area contributed by atoms with Crippen LogP contribution in [0.25, 0.3) is 0 Å². The molecule has 0 N–H and O–H groups in total. The van der Waals surface area contributed by atoms with Gasteiger partial charge in [-0.2, -0.15) is 0 Å². The molecule has 1 radical (unpaired) electrons. The molecule has 1 aromatic carbocycles. The molecule has 0 aliphatic carbocycles. The minimum absolute atomic E-state index is 0.965. The second-order valence-electron chi connectivity index (χ2n) is 3.34. The molecule has 0 aromatic heterocycles. The second kappa shape index (κ2) is 5.58. The van der Waals surface area contributed by atoms with Crippen molar-refractivity contribution in [2.75, 3.05) is 0 Å². The van der Waals surface area contributed by atoms with Gasteiger partial charge in [-0.1, -0.05) is 50.3 Å². The molecule has 13 heavy (non-hydrogen) atoms. The maximum absolute atomic E-state index is 5.33. The highest BCUT2D eigenvalue weighted by atomic mass is 14.0. The lowest BCUT2D eigenvalue weighted by molar-refractivity contribution is 0.917. The topological polar surface area (TPSA) is 0 Å². The van der Waals surface area contributed by atoms with Crippen molar-refractivity contribution >= 4 is 0 Å². The van der Waals surface area contributed by atoms with E-state index in [1.807, 2.05) is 0 Å². The van der Waals surface area contributed by atoms with Crippen molar-refractivity contribution in [3.63, 3.8) is 0 Å². The van der Waals surface area contributed by atoms with E-state index in [-0.39, 0.29) is 0 Å². The first-order valence-electron chi connectivity index (χ1n) is 4.98. The van der Waals surface area contributed by atoms with E-state index in [1.165, 1.54) is 24.0 Å². The molecular weight excluding hydrogens is 156 g/mol. The summed E-state index contributed by atoms with van der Waals surface area (Å²) in [6, 6.07) is 8.84. The van der Waals surface area contributed by atoms with E-state index >= 15 is 0 Å². The first kappa shape index (κ1) is 10.0. The number of aryl methyl sites for hydroxylation is 2. The van der Waals surface area contributed by atoms with E-state index < -0.39 is 0 Å². The van der Waals surface area contributed by atoms with Gasteiger partial charge in [-0.3, -0.25) is 0 Å². The van der Waals surface area contributed by atoms with Gasteiger partial charge in [-0.05, 0) is 30.4 Å². The SMILES string of the molecule is [CH]=CCCc1ccc(CCC)cc1. The summed E-state index contributed by atoms with van der Waals surface area (Å²) in [5.74, 6) is 0. The van der Waals surface area contributed by atoms with Gasteiger partial charge in [-0.25, -0.2) is 0 Å². The molecule has 0 aliphatic rings. The zero-order chi connectivity index (χ0) is 9.52. The summed E-state index contributed by atoms with van der Waals surface area (Å²) in [5, 5.41) is 0. The van der Waals surface area contributed by atoms with Crippen molar-refractivity contribution in [1.82, 2.24) is 0 Å². The molecule has 0 bridgehead atoms. The third kappa shape index (κ3) is 3.45. The van der Waals surface area contributed by atoms with E-state index in [2.05, 4.69) is 31.2 Å². The fraction of sp³-hybridized carbons (Fsp3) is 0.385. The smallest absolute Gasteiger partial charge is 0.0244 e. The molecule has 1 aromatic rings. The largest absolute Gasteiger partial charge is 0.0842 e. The summed E-state index contributed by atoms with van der Waals surface area (Å²) in [6.07, 6.45) is 6.15. The maximum atomic E-state index is 5.33. The lowest BCUT2D eigenvalue weighted by Crippen LogP contribution is -1.86. The summed E-state index contributed by atoms with van der Waals surface area (Å²) in [7, 11) is 0. The van der Waals surface area contributed by atoms with Crippen LogP contribution < -0.4 is 0 Å². The minimum atomic E-state index is 0.965. The molecule has 0 spiro atoms. The molecule has 0 heterocycles. The predicted molar refractivity (Wildman–Crippen MR) is 57.6 cm³/mol. The lowest BCUT2D eigenvalue weighted by Gasteiger charge is -2.01. The van der Waals surface area contributed by atoms with E-state index in [0.29, 0.717) is 0 Å². The van der Waals surface area contributed by atoms with E-state index in [0.717, 1.165) is 12.8 Å². The van der Waals surface area contributed by atoms with Gasteiger partial charge in [-0.15, -0.1) is 0 Å². The van der Waals surface area contributed by atoms with Crippen LogP contribution in [0.1, 0.15) is 30.9 Å². The molecule has 0 unspecified atom stereocenters. The van der Waals surface area contributed by atoms with Crippen LogP contribution in [0, 0.1) is 6.58 Å². The monoisotopic (exact) mass is 173 g/mol. The number of rotatable bonds is 5. The van der Waals surface area contributed by atoms with Crippen molar-refractivity contribution in [3.05, 3.63) is 48.0 Å². The quantitative estimate of drug-likeness (QED) is 0.638. The van der Waals surface area contributed by atoms with Crippen LogP contribution in [0.5, 0.6) is 0 Å². The van der Waals surface area contributed by atoms with Crippen LogP contribution in [-0.4, -0.2) is 0 Å². The molecule has 0 saturated carbocycles. The fourth-order valence-electron chi connectivity index (χ4n) is 1.41. The molecular formula is C13H17. The van der Waals surface area contributed by atoms with Gasteiger partial charge in [0.05, 0.1) is 0 Å². The number of allylic oxidation sites excluding steroid dienone is 1. The van der Waals surface area contributed by atoms with Gasteiger partial charge in [0, 0.05) is 0 Å². The van der Waals surface area contributed by atoms with E-state index in [9.17, 15) is 0 Å².